The molecule has 1 amide bonds. The van der Waals surface area contributed by atoms with Crippen LogP contribution in [0.2, 0.25) is 0 Å². The zero-order valence-electron chi connectivity index (χ0n) is 14.7. The molecular formula is C18H22N2O5S. The molecule has 0 radical (unpaired) electrons. The third-order valence-corrected chi connectivity index (χ3v) is 5.07. The van der Waals surface area contributed by atoms with Crippen LogP contribution < -0.4 is 10.2 Å². The van der Waals surface area contributed by atoms with Gasteiger partial charge in [-0.1, -0.05) is 36.4 Å². The Balaban J connectivity index is 2.05. The van der Waals surface area contributed by atoms with Crippen molar-refractivity contribution in [1.82, 2.24) is 10.2 Å². The SMILES string of the molecule is COCCNS(=O)(=O)c1ccc(C)c(C(=O)NOCc2ccccc2)c1. The Labute approximate surface area is 153 Å². The fourth-order valence-electron chi connectivity index (χ4n) is 2.19. The summed E-state index contributed by atoms with van der Waals surface area (Å²) in [6.45, 7) is 2.34. The second-order valence-electron chi connectivity index (χ2n) is 5.57. The molecule has 2 aromatic rings. The lowest BCUT2D eigenvalue weighted by Crippen LogP contribution is -2.28. The van der Waals surface area contributed by atoms with Crippen LogP contribution in [0.15, 0.2) is 53.4 Å². The summed E-state index contributed by atoms with van der Waals surface area (Å²) in [6, 6.07) is 13.7. The molecule has 140 valence electrons. The van der Waals surface area contributed by atoms with Crippen LogP contribution in [0.1, 0.15) is 21.5 Å². The van der Waals surface area contributed by atoms with Crippen LogP contribution in [0.25, 0.3) is 0 Å². The van der Waals surface area contributed by atoms with Gasteiger partial charge in [-0.3, -0.25) is 9.63 Å². The van der Waals surface area contributed by atoms with E-state index in [2.05, 4.69) is 10.2 Å². The molecule has 0 aliphatic rings. The number of rotatable bonds is 9. The summed E-state index contributed by atoms with van der Waals surface area (Å²) in [6.07, 6.45) is 0. The molecule has 0 atom stereocenters. The van der Waals surface area contributed by atoms with Crippen LogP contribution >= 0.6 is 0 Å². The topological polar surface area (TPSA) is 93.7 Å². The molecule has 0 aliphatic carbocycles. The number of amides is 1. The van der Waals surface area contributed by atoms with E-state index >= 15 is 0 Å². The number of benzene rings is 2. The lowest BCUT2D eigenvalue weighted by atomic mass is 10.1. The van der Waals surface area contributed by atoms with Crippen LogP contribution in [0, 0.1) is 6.92 Å². The second-order valence-corrected chi connectivity index (χ2v) is 7.34. The summed E-state index contributed by atoms with van der Waals surface area (Å²) >= 11 is 0. The average Bonchev–Trinajstić information content (AvgIpc) is 2.63. The van der Waals surface area contributed by atoms with Crippen LogP contribution in [0.3, 0.4) is 0 Å². The van der Waals surface area contributed by atoms with E-state index in [1.807, 2.05) is 30.3 Å². The smallest absolute Gasteiger partial charge is 0.275 e. The Kier molecular flexibility index (Phi) is 7.28. The van der Waals surface area contributed by atoms with Gasteiger partial charge in [0.2, 0.25) is 10.0 Å². The number of aryl methyl sites for hydroxylation is 1. The average molecular weight is 378 g/mol. The second kappa shape index (κ2) is 9.44. The van der Waals surface area contributed by atoms with Gasteiger partial charge in [0.1, 0.15) is 0 Å². The Bertz CT molecular complexity index is 838. The summed E-state index contributed by atoms with van der Waals surface area (Å²) in [5, 5.41) is 0. The zero-order chi connectivity index (χ0) is 19.0. The Morgan fingerprint density at radius 1 is 1.12 bits per heavy atom. The minimum atomic E-state index is -3.72. The van der Waals surface area contributed by atoms with Gasteiger partial charge in [-0.15, -0.1) is 0 Å². The van der Waals surface area contributed by atoms with Crippen molar-refractivity contribution in [1.29, 1.82) is 0 Å². The predicted octanol–water partition coefficient (Wildman–Crippen LogP) is 1.78. The van der Waals surface area contributed by atoms with Gasteiger partial charge in [0.15, 0.2) is 0 Å². The summed E-state index contributed by atoms with van der Waals surface area (Å²) < 4.78 is 31.8. The highest BCUT2D eigenvalue weighted by Gasteiger charge is 2.17. The first-order valence-electron chi connectivity index (χ1n) is 7.99. The van der Waals surface area contributed by atoms with Gasteiger partial charge in [0.25, 0.3) is 5.91 Å². The number of hydrogen-bond donors (Lipinski definition) is 2. The van der Waals surface area contributed by atoms with Crippen molar-refractivity contribution >= 4 is 15.9 Å². The van der Waals surface area contributed by atoms with Crippen molar-refractivity contribution in [3.05, 3.63) is 65.2 Å². The molecule has 0 aromatic heterocycles. The van der Waals surface area contributed by atoms with Gasteiger partial charge in [-0.2, -0.15) is 0 Å². The van der Waals surface area contributed by atoms with Crippen molar-refractivity contribution < 1.29 is 22.8 Å². The molecule has 2 N–H and O–H groups in total. The number of carbonyl (C=O) groups is 1. The van der Waals surface area contributed by atoms with Crippen molar-refractivity contribution in [2.45, 2.75) is 18.4 Å². The largest absolute Gasteiger partial charge is 0.383 e. The minimum Gasteiger partial charge on any atom is -0.383 e. The Morgan fingerprint density at radius 3 is 2.54 bits per heavy atom. The molecule has 0 unspecified atom stereocenters. The first-order chi connectivity index (χ1) is 12.4. The third-order valence-electron chi connectivity index (χ3n) is 3.61. The van der Waals surface area contributed by atoms with E-state index in [1.54, 1.807) is 13.0 Å². The van der Waals surface area contributed by atoms with Crippen LogP contribution in [-0.2, 0) is 26.2 Å². The molecule has 2 rings (SSSR count). The minimum absolute atomic E-state index is 0.00686. The number of hydroxylamine groups is 1. The van der Waals surface area contributed by atoms with E-state index in [0.717, 1.165) is 5.56 Å². The molecular weight excluding hydrogens is 356 g/mol. The van der Waals surface area contributed by atoms with Gasteiger partial charge in [-0.05, 0) is 30.2 Å². The molecule has 0 aliphatic heterocycles. The van der Waals surface area contributed by atoms with Gasteiger partial charge in [-0.25, -0.2) is 18.6 Å². The number of ether oxygens (including phenoxy) is 1. The van der Waals surface area contributed by atoms with Crippen LogP contribution in [-0.4, -0.2) is 34.6 Å². The van der Waals surface area contributed by atoms with Crippen LogP contribution in [0.4, 0.5) is 0 Å². The fraction of sp³-hybridized carbons (Fsp3) is 0.278. The molecule has 0 spiro atoms. The normalized spacial score (nSPS) is 11.3. The van der Waals surface area contributed by atoms with Gasteiger partial charge >= 0.3 is 0 Å². The van der Waals surface area contributed by atoms with Gasteiger partial charge in [0.05, 0.1) is 18.1 Å². The standard InChI is InChI=1S/C18H22N2O5S/c1-14-8-9-16(26(22,23)19-10-11-24-2)12-17(14)18(21)20-25-13-15-6-4-3-5-7-15/h3-9,12,19H,10-11,13H2,1-2H3,(H,20,21). The van der Waals surface area contributed by atoms with Gasteiger partial charge in [0, 0.05) is 19.2 Å². The number of sulfonamides is 1. The van der Waals surface area contributed by atoms with Crippen LogP contribution in [0.5, 0.6) is 0 Å². The summed E-state index contributed by atoms with van der Waals surface area (Å²) in [7, 11) is -2.24. The summed E-state index contributed by atoms with van der Waals surface area (Å²) in [5.41, 5.74) is 4.12. The highest BCUT2D eigenvalue weighted by molar-refractivity contribution is 7.89. The number of methoxy groups -OCH3 is 1. The first-order valence-corrected chi connectivity index (χ1v) is 9.47. The maximum Gasteiger partial charge on any atom is 0.275 e. The van der Waals surface area contributed by atoms with E-state index in [-0.39, 0.29) is 30.2 Å². The highest BCUT2D eigenvalue weighted by Crippen LogP contribution is 2.16. The Morgan fingerprint density at radius 2 is 1.85 bits per heavy atom. The Hall–Kier alpha value is -2.26. The maximum atomic E-state index is 12.3. The molecule has 8 heteroatoms. The monoisotopic (exact) mass is 378 g/mol. The van der Waals surface area contributed by atoms with E-state index in [4.69, 9.17) is 9.57 Å². The zero-order valence-corrected chi connectivity index (χ0v) is 15.5. The highest BCUT2D eigenvalue weighted by atomic mass is 32.2. The molecule has 0 fully saturated rings. The maximum absolute atomic E-state index is 12.3. The molecule has 0 bridgehead atoms. The van der Waals surface area contributed by atoms with Gasteiger partial charge < -0.3 is 4.74 Å². The van der Waals surface area contributed by atoms with Crippen molar-refractivity contribution in [2.75, 3.05) is 20.3 Å². The number of hydrogen-bond acceptors (Lipinski definition) is 5. The van der Waals surface area contributed by atoms with E-state index in [0.29, 0.717) is 5.56 Å². The molecule has 0 heterocycles. The van der Waals surface area contributed by atoms with E-state index in [9.17, 15) is 13.2 Å². The number of nitrogens with one attached hydrogen (secondary N) is 2. The molecule has 0 saturated carbocycles. The van der Waals surface area contributed by atoms with Crippen molar-refractivity contribution in [3.63, 3.8) is 0 Å². The molecule has 0 saturated heterocycles. The van der Waals surface area contributed by atoms with E-state index in [1.165, 1.54) is 19.2 Å². The predicted molar refractivity (Wildman–Crippen MR) is 96.9 cm³/mol. The number of carbonyl (C=O) groups excluding carboxylic acids is 1. The van der Waals surface area contributed by atoms with Crippen molar-refractivity contribution in [2.24, 2.45) is 0 Å². The van der Waals surface area contributed by atoms with Crippen molar-refractivity contribution in [3.8, 4) is 0 Å². The fourth-order valence-corrected chi connectivity index (χ4v) is 3.23. The lowest BCUT2D eigenvalue weighted by Gasteiger charge is -2.11. The van der Waals surface area contributed by atoms with E-state index < -0.39 is 15.9 Å². The molecule has 26 heavy (non-hydrogen) atoms. The summed E-state index contributed by atoms with van der Waals surface area (Å²) in [4.78, 5) is 17.5. The summed E-state index contributed by atoms with van der Waals surface area (Å²) in [5.74, 6) is -0.507. The molecule has 7 nitrogen and oxygen atoms in total. The first kappa shape index (κ1) is 20.1. The third kappa shape index (κ3) is 5.63. The lowest BCUT2D eigenvalue weighted by molar-refractivity contribution is 0.0233. The quantitative estimate of drug-likeness (QED) is 0.512. The molecule has 2 aromatic carbocycles.